The van der Waals surface area contributed by atoms with E-state index in [1.54, 1.807) is 22.4 Å². The van der Waals surface area contributed by atoms with E-state index in [1.807, 2.05) is 20.8 Å². The average Bonchev–Trinajstić information content (AvgIpc) is 3.10. The molecule has 9 nitrogen and oxygen atoms in total. The Kier molecular flexibility index (Phi) is 4.54. The fourth-order valence-electron chi connectivity index (χ4n) is 3.28. The molecule has 3 heterocycles. The summed E-state index contributed by atoms with van der Waals surface area (Å²) in [5, 5.41) is 4.53. The number of Topliss-reactive ketones (excluding diaryl/α,β-unsaturated/α-hetero) is 1. The van der Waals surface area contributed by atoms with E-state index in [0.29, 0.717) is 18.3 Å². The number of hydrogen-bond acceptors (Lipinski definition) is 5. The lowest BCUT2D eigenvalue weighted by Gasteiger charge is -2.33. The van der Waals surface area contributed by atoms with E-state index in [1.165, 1.54) is 11.8 Å². The SMILES string of the molecule is C=CC[N+]1=C(n2nc(C)c(C)c2C)N=C2C1C(=O)N(CC(C)=O)C(=O)N2C. The highest BCUT2D eigenvalue weighted by Gasteiger charge is 2.53. The van der Waals surface area contributed by atoms with Crippen LogP contribution in [0.3, 0.4) is 0 Å². The predicted octanol–water partition coefficient (Wildman–Crippen LogP) is 0.475. The van der Waals surface area contributed by atoms with Crippen LogP contribution in [0, 0.1) is 20.8 Å². The van der Waals surface area contributed by atoms with Crippen molar-refractivity contribution in [2.24, 2.45) is 4.99 Å². The average molecular weight is 371 g/mol. The summed E-state index contributed by atoms with van der Waals surface area (Å²) in [6.45, 7) is 11.0. The first-order valence-corrected chi connectivity index (χ1v) is 8.63. The van der Waals surface area contributed by atoms with Gasteiger partial charge in [-0.05, 0) is 27.7 Å². The molecule has 0 spiro atoms. The molecule has 2 aliphatic heterocycles. The minimum atomic E-state index is -0.802. The van der Waals surface area contributed by atoms with E-state index >= 15 is 0 Å². The van der Waals surface area contributed by atoms with E-state index < -0.39 is 18.0 Å². The summed E-state index contributed by atoms with van der Waals surface area (Å²) in [5.74, 6) is 0.0485. The Morgan fingerprint density at radius 2 is 1.96 bits per heavy atom. The Balaban J connectivity index is 2.17. The molecule has 1 aromatic rings. The molecule has 0 aliphatic carbocycles. The van der Waals surface area contributed by atoms with Crippen LogP contribution in [0.1, 0.15) is 23.9 Å². The first-order chi connectivity index (χ1) is 12.7. The quantitative estimate of drug-likeness (QED) is 0.568. The summed E-state index contributed by atoms with van der Waals surface area (Å²) in [7, 11) is 1.55. The Morgan fingerprint density at radius 3 is 2.48 bits per heavy atom. The van der Waals surface area contributed by atoms with Gasteiger partial charge in [-0.3, -0.25) is 19.4 Å². The number of ketones is 1. The third-order valence-corrected chi connectivity index (χ3v) is 4.94. The van der Waals surface area contributed by atoms with Gasteiger partial charge in [0.05, 0.1) is 18.8 Å². The monoisotopic (exact) mass is 371 g/mol. The van der Waals surface area contributed by atoms with Gasteiger partial charge < -0.3 is 0 Å². The number of aliphatic imine (C=N–C) groups is 1. The molecule has 2 aliphatic rings. The van der Waals surface area contributed by atoms with Crippen LogP contribution in [-0.2, 0) is 9.59 Å². The lowest BCUT2D eigenvalue weighted by Crippen LogP contribution is -2.63. The van der Waals surface area contributed by atoms with Gasteiger partial charge in [-0.2, -0.15) is 0 Å². The number of amidine groups is 1. The van der Waals surface area contributed by atoms with Crippen molar-refractivity contribution in [1.29, 1.82) is 0 Å². The first-order valence-electron chi connectivity index (χ1n) is 8.63. The number of aromatic nitrogens is 2. The first kappa shape index (κ1) is 18.7. The standard InChI is InChI=1S/C18H23N6O3/c1-7-8-22-14-15(19-17(22)24-13(5)11(3)12(4)20-24)21(6)18(27)23(16(14)26)9-10(2)25/h7,14H,1,8-9H2,2-6H3/q+1. The lowest BCUT2D eigenvalue weighted by atomic mass is 10.1. The van der Waals surface area contributed by atoms with Gasteiger partial charge in [0.1, 0.15) is 11.5 Å². The van der Waals surface area contributed by atoms with Gasteiger partial charge in [-0.15, -0.1) is 9.78 Å². The molecule has 1 aromatic heterocycles. The molecule has 1 saturated heterocycles. The molecule has 0 aromatic carbocycles. The molecule has 9 heteroatoms. The number of carbonyl (C=O) groups is 3. The lowest BCUT2D eigenvalue weighted by molar-refractivity contribution is -0.527. The highest BCUT2D eigenvalue weighted by Crippen LogP contribution is 2.22. The number of rotatable bonds is 4. The number of aryl methyl sites for hydroxylation is 1. The van der Waals surface area contributed by atoms with E-state index in [4.69, 9.17) is 0 Å². The van der Waals surface area contributed by atoms with Crippen molar-refractivity contribution in [2.75, 3.05) is 20.1 Å². The predicted molar refractivity (Wildman–Crippen MR) is 98.9 cm³/mol. The molecule has 3 amide bonds. The number of carbonyl (C=O) groups excluding carboxylic acids is 3. The second kappa shape index (κ2) is 6.57. The molecule has 0 bridgehead atoms. The van der Waals surface area contributed by atoms with Gasteiger partial charge in [-0.25, -0.2) is 9.37 Å². The second-order valence-electron chi connectivity index (χ2n) is 6.79. The van der Waals surface area contributed by atoms with E-state index in [9.17, 15) is 14.4 Å². The minimum absolute atomic E-state index is 0.262. The van der Waals surface area contributed by atoms with Crippen LogP contribution in [0.5, 0.6) is 0 Å². The number of fused-ring (bicyclic) bond motifs is 1. The fraction of sp³-hybridized carbons (Fsp3) is 0.444. The van der Waals surface area contributed by atoms with Crippen LogP contribution in [0.15, 0.2) is 17.6 Å². The number of nitrogens with zero attached hydrogens (tertiary/aromatic N) is 6. The molecule has 3 rings (SSSR count). The maximum atomic E-state index is 13.0. The van der Waals surface area contributed by atoms with Crippen LogP contribution in [-0.4, -0.2) is 79.9 Å². The van der Waals surface area contributed by atoms with Crippen molar-refractivity contribution in [3.63, 3.8) is 0 Å². The van der Waals surface area contributed by atoms with Crippen LogP contribution >= 0.6 is 0 Å². The number of hydrogen-bond donors (Lipinski definition) is 0. The maximum absolute atomic E-state index is 13.0. The second-order valence-corrected chi connectivity index (χ2v) is 6.79. The molecule has 142 valence electrons. The summed E-state index contributed by atoms with van der Waals surface area (Å²) in [6, 6.07) is -1.36. The normalized spacial score (nSPS) is 19.6. The van der Waals surface area contributed by atoms with E-state index in [0.717, 1.165) is 21.9 Å². The van der Waals surface area contributed by atoms with Gasteiger partial charge in [0, 0.05) is 12.6 Å². The molecule has 27 heavy (non-hydrogen) atoms. The van der Waals surface area contributed by atoms with Crippen molar-refractivity contribution >= 4 is 29.5 Å². The molecular weight excluding hydrogens is 348 g/mol. The van der Waals surface area contributed by atoms with Crippen molar-refractivity contribution < 1.29 is 19.0 Å². The molecule has 0 radical (unpaired) electrons. The summed E-state index contributed by atoms with van der Waals surface area (Å²) in [5.41, 5.74) is 2.80. The maximum Gasteiger partial charge on any atom is 0.421 e. The van der Waals surface area contributed by atoms with Crippen LogP contribution in [0.25, 0.3) is 0 Å². The molecule has 1 fully saturated rings. The highest BCUT2D eigenvalue weighted by atomic mass is 16.2. The number of amides is 3. The summed E-state index contributed by atoms with van der Waals surface area (Å²) in [6.07, 6.45) is 1.66. The molecule has 0 saturated carbocycles. The third-order valence-electron chi connectivity index (χ3n) is 4.94. The van der Waals surface area contributed by atoms with Crippen LogP contribution < -0.4 is 0 Å². The largest absolute Gasteiger partial charge is 0.421 e. The zero-order chi connectivity index (χ0) is 20.0. The minimum Gasteiger partial charge on any atom is -0.298 e. The van der Waals surface area contributed by atoms with Gasteiger partial charge in [0.15, 0.2) is 0 Å². The highest BCUT2D eigenvalue weighted by molar-refractivity contribution is 6.23. The van der Waals surface area contributed by atoms with E-state index in [-0.39, 0.29) is 12.3 Å². The van der Waals surface area contributed by atoms with Crippen molar-refractivity contribution in [3.8, 4) is 0 Å². The Morgan fingerprint density at radius 1 is 1.30 bits per heavy atom. The summed E-state index contributed by atoms with van der Waals surface area (Å²) in [4.78, 5) is 44.0. The van der Waals surface area contributed by atoms with Gasteiger partial charge in [-0.1, -0.05) is 17.6 Å². The smallest absolute Gasteiger partial charge is 0.298 e. The van der Waals surface area contributed by atoms with Crippen molar-refractivity contribution in [1.82, 2.24) is 19.6 Å². The molecule has 0 N–H and O–H groups in total. The zero-order valence-electron chi connectivity index (χ0n) is 16.2. The molecule has 1 atom stereocenters. The molecular formula is C18H23N6O3+. The summed E-state index contributed by atoms with van der Waals surface area (Å²) < 4.78 is 3.43. The Bertz CT molecular complexity index is 939. The van der Waals surface area contributed by atoms with Crippen LogP contribution in [0.2, 0.25) is 0 Å². The Labute approximate surface area is 157 Å². The van der Waals surface area contributed by atoms with E-state index in [2.05, 4.69) is 16.7 Å². The number of urea groups is 1. The number of likely N-dealkylation sites (N-methyl/N-ethyl adjacent to an activating group) is 1. The van der Waals surface area contributed by atoms with Crippen molar-refractivity contribution in [2.45, 2.75) is 33.7 Å². The zero-order valence-corrected chi connectivity index (χ0v) is 16.2. The fourth-order valence-corrected chi connectivity index (χ4v) is 3.28. The van der Waals surface area contributed by atoms with Crippen LogP contribution in [0.4, 0.5) is 4.79 Å². The number of imide groups is 1. The van der Waals surface area contributed by atoms with Gasteiger partial charge in [0.2, 0.25) is 11.9 Å². The molecule has 1 unspecified atom stereocenters. The van der Waals surface area contributed by atoms with Gasteiger partial charge in [0.25, 0.3) is 5.91 Å². The van der Waals surface area contributed by atoms with Crippen molar-refractivity contribution in [3.05, 3.63) is 29.6 Å². The Hall–Kier alpha value is -3.10. The summed E-state index contributed by atoms with van der Waals surface area (Å²) >= 11 is 0. The van der Waals surface area contributed by atoms with Gasteiger partial charge >= 0.3 is 12.0 Å². The topological polar surface area (TPSA) is 90.9 Å². The third kappa shape index (κ3) is 2.79.